The van der Waals surface area contributed by atoms with Gasteiger partial charge in [0.25, 0.3) is 5.91 Å². The summed E-state index contributed by atoms with van der Waals surface area (Å²) in [4.78, 5) is 12.2. The maximum atomic E-state index is 12.2. The molecule has 7 heteroatoms. The van der Waals surface area contributed by atoms with Crippen LogP contribution in [0.15, 0.2) is 58.8 Å². The van der Waals surface area contributed by atoms with Crippen LogP contribution < -0.4 is 5.43 Å². The van der Waals surface area contributed by atoms with E-state index >= 15 is 0 Å². The summed E-state index contributed by atoms with van der Waals surface area (Å²) in [6.07, 6.45) is 1.66. The molecule has 6 nitrogen and oxygen atoms in total. The molecule has 0 aliphatic heterocycles. The lowest BCUT2D eigenvalue weighted by molar-refractivity contribution is -0.118. The fraction of sp³-hybridized carbons (Fsp3) is 0.333. The SMILES string of the molecule is CCn1c(SCC(=O)N/N=C\c2ccccc2C)nnc1-c1ccc(C(C)(C)C)cc1. The van der Waals surface area contributed by atoms with Crippen molar-refractivity contribution in [1.82, 2.24) is 20.2 Å². The van der Waals surface area contributed by atoms with Gasteiger partial charge in [0, 0.05) is 12.1 Å². The van der Waals surface area contributed by atoms with Gasteiger partial charge in [0.1, 0.15) is 0 Å². The fourth-order valence-electron chi connectivity index (χ4n) is 3.08. The molecule has 1 heterocycles. The molecule has 0 aliphatic rings. The minimum Gasteiger partial charge on any atom is -0.302 e. The highest BCUT2D eigenvalue weighted by molar-refractivity contribution is 7.99. The van der Waals surface area contributed by atoms with Crippen molar-refractivity contribution in [1.29, 1.82) is 0 Å². The van der Waals surface area contributed by atoms with E-state index in [-0.39, 0.29) is 17.1 Å². The Morgan fingerprint density at radius 2 is 1.84 bits per heavy atom. The number of benzene rings is 2. The normalized spacial score (nSPS) is 11.8. The van der Waals surface area contributed by atoms with Crippen molar-refractivity contribution in [2.75, 3.05) is 5.75 Å². The number of nitrogens with one attached hydrogen (secondary N) is 1. The number of aryl methyl sites for hydroxylation is 1. The van der Waals surface area contributed by atoms with Gasteiger partial charge in [0.2, 0.25) is 0 Å². The third-order valence-corrected chi connectivity index (χ3v) is 5.92. The number of hydrogen-bond acceptors (Lipinski definition) is 5. The zero-order valence-electron chi connectivity index (χ0n) is 18.7. The van der Waals surface area contributed by atoms with Crippen LogP contribution in [0.2, 0.25) is 0 Å². The van der Waals surface area contributed by atoms with Crippen LogP contribution >= 0.6 is 11.8 Å². The molecule has 0 aliphatic carbocycles. The van der Waals surface area contributed by atoms with Gasteiger partial charge in [0.05, 0.1) is 12.0 Å². The summed E-state index contributed by atoms with van der Waals surface area (Å²) in [7, 11) is 0. The summed E-state index contributed by atoms with van der Waals surface area (Å²) in [5.41, 5.74) is 7.05. The molecule has 31 heavy (non-hydrogen) atoms. The molecule has 2 aromatic carbocycles. The summed E-state index contributed by atoms with van der Waals surface area (Å²) in [6.45, 7) is 11.4. The van der Waals surface area contributed by atoms with Gasteiger partial charge in [-0.1, -0.05) is 81.1 Å². The summed E-state index contributed by atoms with van der Waals surface area (Å²) >= 11 is 1.36. The maximum absolute atomic E-state index is 12.2. The maximum Gasteiger partial charge on any atom is 0.250 e. The second-order valence-corrected chi connectivity index (χ2v) is 9.26. The van der Waals surface area contributed by atoms with E-state index in [1.54, 1.807) is 6.21 Å². The van der Waals surface area contributed by atoms with Gasteiger partial charge in [-0.05, 0) is 36.0 Å². The number of hydrazone groups is 1. The first-order valence-electron chi connectivity index (χ1n) is 10.3. The first-order chi connectivity index (χ1) is 14.8. The Kier molecular flexibility index (Phi) is 7.28. The second-order valence-electron chi connectivity index (χ2n) is 8.32. The zero-order valence-corrected chi connectivity index (χ0v) is 19.5. The van der Waals surface area contributed by atoms with E-state index in [4.69, 9.17) is 0 Å². The van der Waals surface area contributed by atoms with Crippen molar-refractivity contribution in [2.24, 2.45) is 5.10 Å². The standard InChI is InChI=1S/C24H29N5OS/c1-6-29-22(18-11-13-20(14-12-18)24(3,4)5)27-28-23(29)31-16-21(30)26-25-15-19-10-8-7-9-17(19)2/h7-15H,6,16H2,1-5H3,(H,26,30)/b25-15-. The highest BCUT2D eigenvalue weighted by Gasteiger charge is 2.17. The van der Waals surface area contributed by atoms with Crippen molar-refractivity contribution in [3.05, 3.63) is 65.2 Å². The Hall–Kier alpha value is -2.93. The molecule has 1 N–H and O–H groups in total. The summed E-state index contributed by atoms with van der Waals surface area (Å²) < 4.78 is 2.03. The molecule has 0 bridgehead atoms. The van der Waals surface area contributed by atoms with Gasteiger partial charge in [-0.3, -0.25) is 4.79 Å². The van der Waals surface area contributed by atoms with E-state index in [9.17, 15) is 4.79 Å². The van der Waals surface area contributed by atoms with Crippen LogP contribution in [0.4, 0.5) is 0 Å². The van der Waals surface area contributed by atoms with Crippen LogP contribution in [0, 0.1) is 6.92 Å². The second kappa shape index (κ2) is 9.92. The molecule has 3 aromatic rings. The highest BCUT2D eigenvalue weighted by Crippen LogP contribution is 2.27. The van der Waals surface area contributed by atoms with Crippen LogP contribution in [0.1, 0.15) is 44.4 Å². The Bertz CT molecular complexity index is 1060. The number of hydrogen-bond donors (Lipinski definition) is 1. The lowest BCUT2D eigenvalue weighted by Crippen LogP contribution is -2.20. The molecular formula is C24H29N5OS. The summed E-state index contributed by atoms with van der Waals surface area (Å²) in [5.74, 6) is 0.839. The van der Waals surface area contributed by atoms with E-state index in [0.717, 1.165) is 34.2 Å². The molecule has 1 aromatic heterocycles. The zero-order chi connectivity index (χ0) is 22.4. The van der Waals surface area contributed by atoms with E-state index < -0.39 is 0 Å². The molecular weight excluding hydrogens is 406 g/mol. The van der Waals surface area contributed by atoms with Crippen LogP contribution in [-0.2, 0) is 16.8 Å². The van der Waals surface area contributed by atoms with Gasteiger partial charge < -0.3 is 4.57 Å². The first-order valence-corrected chi connectivity index (χ1v) is 11.3. The average Bonchev–Trinajstić information content (AvgIpc) is 3.16. The summed E-state index contributed by atoms with van der Waals surface area (Å²) in [6, 6.07) is 16.3. The summed E-state index contributed by atoms with van der Waals surface area (Å²) in [5, 5.41) is 13.4. The van der Waals surface area contributed by atoms with E-state index in [1.165, 1.54) is 17.3 Å². The van der Waals surface area contributed by atoms with Crippen LogP contribution in [0.25, 0.3) is 11.4 Å². The molecule has 0 saturated carbocycles. The molecule has 0 spiro atoms. The molecule has 0 radical (unpaired) electrons. The first kappa shape index (κ1) is 22.7. The number of aromatic nitrogens is 3. The third kappa shape index (κ3) is 5.82. The number of thioether (sulfide) groups is 1. The van der Waals surface area contributed by atoms with Gasteiger partial charge >= 0.3 is 0 Å². The van der Waals surface area contributed by atoms with Crippen molar-refractivity contribution < 1.29 is 4.79 Å². The van der Waals surface area contributed by atoms with E-state index in [0.29, 0.717) is 0 Å². The topological polar surface area (TPSA) is 72.2 Å². The number of carbonyl (C=O) groups excluding carboxylic acids is 1. The molecule has 0 saturated heterocycles. The number of rotatable bonds is 7. The molecule has 0 unspecified atom stereocenters. The van der Waals surface area contributed by atoms with Gasteiger partial charge in [-0.15, -0.1) is 10.2 Å². The molecule has 162 valence electrons. The minimum absolute atomic E-state index is 0.104. The molecule has 0 fully saturated rings. The van der Waals surface area contributed by atoms with Gasteiger partial charge in [-0.25, -0.2) is 5.43 Å². The predicted octanol–water partition coefficient (Wildman–Crippen LogP) is 4.81. The fourth-order valence-corrected chi connectivity index (χ4v) is 3.88. The highest BCUT2D eigenvalue weighted by atomic mass is 32.2. The van der Waals surface area contributed by atoms with Crippen molar-refractivity contribution >= 4 is 23.9 Å². The van der Waals surface area contributed by atoms with Crippen LogP contribution in [-0.4, -0.2) is 32.6 Å². The van der Waals surface area contributed by atoms with Crippen molar-refractivity contribution in [3.63, 3.8) is 0 Å². The molecule has 0 atom stereocenters. The third-order valence-electron chi connectivity index (χ3n) is 4.96. The number of amides is 1. The lowest BCUT2D eigenvalue weighted by Gasteiger charge is -2.19. The molecule has 1 amide bonds. The number of nitrogens with zero attached hydrogens (tertiary/aromatic N) is 4. The van der Waals surface area contributed by atoms with Crippen LogP contribution in [0.5, 0.6) is 0 Å². The Morgan fingerprint density at radius 1 is 1.13 bits per heavy atom. The quantitative estimate of drug-likeness (QED) is 0.328. The van der Waals surface area contributed by atoms with E-state index in [1.807, 2.05) is 42.7 Å². The Labute approximate surface area is 188 Å². The molecule has 3 rings (SSSR count). The minimum atomic E-state index is -0.184. The Morgan fingerprint density at radius 3 is 2.48 bits per heavy atom. The van der Waals surface area contributed by atoms with Crippen molar-refractivity contribution in [2.45, 2.75) is 51.7 Å². The van der Waals surface area contributed by atoms with E-state index in [2.05, 4.69) is 65.8 Å². The predicted molar refractivity (Wildman–Crippen MR) is 127 cm³/mol. The van der Waals surface area contributed by atoms with Gasteiger partial charge in [0.15, 0.2) is 11.0 Å². The largest absolute Gasteiger partial charge is 0.302 e. The lowest BCUT2D eigenvalue weighted by atomic mass is 9.87. The van der Waals surface area contributed by atoms with Crippen molar-refractivity contribution in [3.8, 4) is 11.4 Å². The number of carbonyl (C=O) groups is 1. The average molecular weight is 436 g/mol. The smallest absolute Gasteiger partial charge is 0.250 e. The van der Waals surface area contributed by atoms with Gasteiger partial charge in [-0.2, -0.15) is 5.10 Å². The monoisotopic (exact) mass is 435 g/mol. The Balaban J connectivity index is 1.63. The van der Waals surface area contributed by atoms with Crippen LogP contribution in [0.3, 0.4) is 0 Å².